The highest BCUT2D eigenvalue weighted by atomic mass is 16.6. The van der Waals surface area contributed by atoms with Crippen molar-refractivity contribution in [3.05, 3.63) is 59.2 Å². The summed E-state index contributed by atoms with van der Waals surface area (Å²) < 4.78 is 40.0. The van der Waals surface area contributed by atoms with Crippen LogP contribution in [0.5, 0.6) is 34.5 Å². The molecule has 0 radical (unpaired) electrons. The number of phenolic OH excluding ortho intramolecular Hbond substituents is 1. The van der Waals surface area contributed by atoms with E-state index in [9.17, 15) is 19.8 Å². The maximum atomic E-state index is 13.5. The maximum Gasteiger partial charge on any atom is 0.338 e. The van der Waals surface area contributed by atoms with Crippen molar-refractivity contribution >= 4 is 11.9 Å². The van der Waals surface area contributed by atoms with Crippen LogP contribution in [0.2, 0.25) is 0 Å². The summed E-state index contributed by atoms with van der Waals surface area (Å²) in [6, 6.07) is 11.4. The van der Waals surface area contributed by atoms with Gasteiger partial charge in [-0.3, -0.25) is 4.79 Å². The van der Waals surface area contributed by atoms with E-state index in [1.54, 1.807) is 43.3 Å². The van der Waals surface area contributed by atoms with Crippen LogP contribution in [0.25, 0.3) is 11.1 Å². The number of ether oxygens (including phenoxy) is 7. The lowest BCUT2D eigenvalue weighted by Crippen LogP contribution is -2.46. The van der Waals surface area contributed by atoms with E-state index in [1.807, 2.05) is 0 Å². The van der Waals surface area contributed by atoms with Gasteiger partial charge in [-0.2, -0.15) is 0 Å². The minimum absolute atomic E-state index is 0.0329. The molecule has 1 aliphatic rings. The summed E-state index contributed by atoms with van der Waals surface area (Å²) >= 11 is 0. The Bertz CT molecular complexity index is 1510. The molecule has 0 aromatic heterocycles. The van der Waals surface area contributed by atoms with Gasteiger partial charge in [0.2, 0.25) is 11.5 Å². The largest absolute Gasteiger partial charge is 0.504 e. The Hall–Kier alpha value is -4.64. The molecule has 0 spiro atoms. The molecule has 0 amide bonds. The number of esters is 2. The number of phenols is 1. The zero-order valence-corrected chi connectivity index (χ0v) is 25.3. The first-order valence-corrected chi connectivity index (χ1v) is 13.4. The molecule has 11 heteroatoms. The Balaban J connectivity index is 2.21. The SMILES string of the molecule is COc1cc2c(c(O)c1OC)-c1c(cc(OC)c(OC)c1OC)[C@@H](OC(C)=O)[C@@H](C)[C@@](C)(O)[C@H]2OC(=O)c1ccccc1. The number of methoxy groups -OCH3 is 5. The topological polar surface area (TPSA) is 139 Å². The molecule has 4 atom stereocenters. The first-order valence-electron chi connectivity index (χ1n) is 13.4. The Morgan fingerprint density at radius 1 is 0.767 bits per heavy atom. The van der Waals surface area contributed by atoms with E-state index in [1.165, 1.54) is 55.5 Å². The molecule has 11 nitrogen and oxygen atoms in total. The van der Waals surface area contributed by atoms with Crippen LogP contribution in [0.1, 0.15) is 54.5 Å². The third-order valence-corrected chi connectivity index (χ3v) is 7.81. The number of rotatable bonds is 8. The van der Waals surface area contributed by atoms with E-state index in [2.05, 4.69) is 0 Å². The van der Waals surface area contributed by atoms with Gasteiger partial charge in [0.1, 0.15) is 11.7 Å². The summed E-state index contributed by atoms with van der Waals surface area (Å²) in [5, 5.41) is 24.1. The molecule has 0 saturated heterocycles. The summed E-state index contributed by atoms with van der Waals surface area (Å²) in [4.78, 5) is 26.0. The number of aliphatic hydroxyl groups is 1. The molecular weight excluding hydrogens is 560 g/mol. The van der Waals surface area contributed by atoms with Gasteiger partial charge in [0, 0.05) is 35.1 Å². The lowest BCUT2D eigenvalue weighted by atomic mass is 9.71. The van der Waals surface area contributed by atoms with Crippen molar-refractivity contribution in [2.75, 3.05) is 35.5 Å². The minimum atomic E-state index is -1.90. The molecule has 0 unspecified atom stereocenters. The summed E-state index contributed by atoms with van der Waals surface area (Å²) in [6.45, 7) is 4.37. The first-order chi connectivity index (χ1) is 20.5. The summed E-state index contributed by atoms with van der Waals surface area (Å²) in [6.07, 6.45) is -2.57. The number of hydrogen-bond donors (Lipinski definition) is 2. The molecule has 1 aliphatic carbocycles. The molecule has 43 heavy (non-hydrogen) atoms. The number of hydrogen-bond acceptors (Lipinski definition) is 11. The fourth-order valence-corrected chi connectivity index (χ4v) is 5.53. The van der Waals surface area contributed by atoms with Crippen molar-refractivity contribution in [1.29, 1.82) is 0 Å². The van der Waals surface area contributed by atoms with Crippen molar-refractivity contribution in [2.24, 2.45) is 5.92 Å². The molecule has 3 aromatic carbocycles. The zero-order chi connectivity index (χ0) is 31.6. The van der Waals surface area contributed by atoms with Gasteiger partial charge >= 0.3 is 11.9 Å². The first kappa shape index (κ1) is 31.3. The monoisotopic (exact) mass is 596 g/mol. The number of carbonyl (C=O) groups is 2. The average molecular weight is 597 g/mol. The van der Waals surface area contributed by atoms with Gasteiger partial charge in [0.05, 0.1) is 41.1 Å². The number of aromatic hydroxyl groups is 1. The van der Waals surface area contributed by atoms with Crippen LogP contribution >= 0.6 is 0 Å². The fraction of sp³-hybridized carbons (Fsp3) is 0.375. The van der Waals surface area contributed by atoms with Gasteiger partial charge in [-0.05, 0) is 31.2 Å². The van der Waals surface area contributed by atoms with Gasteiger partial charge in [0.15, 0.2) is 29.1 Å². The van der Waals surface area contributed by atoms with Gasteiger partial charge in [0.25, 0.3) is 0 Å². The highest BCUT2D eigenvalue weighted by molar-refractivity contribution is 5.91. The second kappa shape index (κ2) is 12.3. The molecule has 0 heterocycles. The van der Waals surface area contributed by atoms with Crippen molar-refractivity contribution in [3.8, 4) is 45.6 Å². The van der Waals surface area contributed by atoms with Crippen molar-refractivity contribution in [2.45, 2.75) is 38.6 Å². The quantitative estimate of drug-likeness (QED) is 0.340. The highest BCUT2D eigenvalue weighted by Gasteiger charge is 2.51. The highest BCUT2D eigenvalue weighted by Crippen LogP contribution is 2.60. The third-order valence-electron chi connectivity index (χ3n) is 7.81. The van der Waals surface area contributed by atoms with Crippen LogP contribution < -0.4 is 23.7 Å². The van der Waals surface area contributed by atoms with Crippen LogP contribution in [0.3, 0.4) is 0 Å². The molecule has 0 aliphatic heterocycles. The second-order valence-corrected chi connectivity index (χ2v) is 10.2. The second-order valence-electron chi connectivity index (χ2n) is 10.2. The lowest BCUT2D eigenvalue weighted by molar-refractivity contribution is -0.166. The van der Waals surface area contributed by atoms with Crippen molar-refractivity contribution in [1.82, 2.24) is 0 Å². The zero-order valence-electron chi connectivity index (χ0n) is 25.3. The van der Waals surface area contributed by atoms with E-state index in [4.69, 9.17) is 33.2 Å². The predicted molar refractivity (Wildman–Crippen MR) is 155 cm³/mol. The van der Waals surface area contributed by atoms with E-state index >= 15 is 0 Å². The summed E-state index contributed by atoms with van der Waals surface area (Å²) in [5.74, 6) is -2.05. The average Bonchev–Trinajstić information content (AvgIpc) is 3.00. The van der Waals surface area contributed by atoms with E-state index in [0.29, 0.717) is 5.56 Å². The number of fused-ring (bicyclic) bond motifs is 3. The maximum absolute atomic E-state index is 13.5. The molecule has 0 bridgehead atoms. The lowest BCUT2D eigenvalue weighted by Gasteiger charge is -2.43. The number of carbonyl (C=O) groups excluding carboxylic acids is 2. The van der Waals surface area contributed by atoms with Gasteiger partial charge in [-0.1, -0.05) is 25.1 Å². The predicted octanol–water partition coefficient (Wildman–Crippen LogP) is 5.01. The number of benzene rings is 3. The smallest absolute Gasteiger partial charge is 0.338 e. The summed E-state index contributed by atoms with van der Waals surface area (Å²) in [7, 11) is 7.00. The standard InChI is InChI=1S/C32H36O11/c1-16-26(42-17(2)33)19-14-22(38-5)28(40-7)29(41-8)24(19)23-20(15-21(37-4)27(39-6)25(23)34)30(32(16,3)36)43-31(35)18-12-10-9-11-13-18/h9-16,26,30,34,36H,1-8H3/t16-,26+,30+,32-/m1/s1. The molecular formula is C32H36O11. The van der Waals surface area contributed by atoms with E-state index in [0.717, 1.165) is 0 Å². The van der Waals surface area contributed by atoms with Gasteiger partial charge in [-0.25, -0.2) is 4.79 Å². The Morgan fingerprint density at radius 2 is 1.33 bits per heavy atom. The Labute approximate surface area is 249 Å². The molecule has 0 saturated carbocycles. The molecule has 0 fully saturated rings. The van der Waals surface area contributed by atoms with Crippen molar-refractivity contribution in [3.63, 3.8) is 0 Å². The minimum Gasteiger partial charge on any atom is -0.504 e. The van der Waals surface area contributed by atoms with Crippen LogP contribution in [0, 0.1) is 5.92 Å². The Kier molecular flexibility index (Phi) is 8.96. The fourth-order valence-electron chi connectivity index (χ4n) is 5.53. The van der Waals surface area contributed by atoms with Crippen LogP contribution in [-0.4, -0.2) is 63.3 Å². The molecule has 2 N–H and O–H groups in total. The van der Waals surface area contributed by atoms with Crippen molar-refractivity contribution < 1.29 is 53.0 Å². The molecule has 3 aromatic rings. The normalized spacial score (nSPS) is 20.8. The Morgan fingerprint density at radius 3 is 1.86 bits per heavy atom. The summed E-state index contributed by atoms with van der Waals surface area (Å²) in [5.41, 5.74) is -0.856. The molecule has 230 valence electrons. The van der Waals surface area contributed by atoms with Gasteiger partial charge in [-0.15, -0.1) is 0 Å². The molecule has 4 rings (SSSR count). The van der Waals surface area contributed by atoms with E-state index in [-0.39, 0.29) is 51.0 Å². The van der Waals surface area contributed by atoms with Crippen LogP contribution in [0.15, 0.2) is 42.5 Å². The van der Waals surface area contributed by atoms with E-state index < -0.39 is 41.4 Å². The van der Waals surface area contributed by atoms with Gasteiger partial charge < -0.3 is 43.4 Å². The van der Waals surface area contributed by atoms with Crippen LogP contribution in [0.4, 0.5) is 0 Å². The van der Waals surface area contributed by atoms with Crippen LogP contribution in [-0.2, 0) is 14.3 Å². The third kappa shape index (κ3) is 5.36.